The summed E-state index contributed by atoms with van der Waals surface area (Å²) in [5, 5.41) is 2.75. The molecule has 0 atom stereocenters. The molecule has 0 radical (unpaired) electrons. The number of fused-ring (bicyclic) bond motifs is 1. The van der Waals surface area contributed by atoms with Crippen molar-refractivity contribution in [3.05, 3.63) is 106 Å². The molecule has 29 heavy (non-hydrogen) atoms. The molecule has 6 heteroatoms. The molecule has 1 aliphatic carbocycles. The Morgan fingerprint density at radius 2 is 1.62 bits per heavy atom. The molecule has 0 amide bonds. The van der Waals surface area contributed by atoms with Gasteiger partial charge in [-0.05, 0) is 24.3 Å². The first-order valence-electron chi connectivity index (χ1n) is 8.93. The second-order valence-corrected chi connectivity index (χ2v) is 6.90. The smallest absolute Gasteiger partial charge is 0.211 e. The molecule has 0 fully saturated rings. The Labute approximate surface area is 172 Å². The first-order valence-corrected chi connectivity index (χ1v) is 9.31. The Balaban J connectivity index is 1.60. The molecule has 0 saturated heterocycles. The van der Waals surface area contributed by atoms with Crippen molar-refractivity contribution in [1.29, 1.82) is 0 Å². The summed E-state index contributed by atoms with van der Waals surface area (Å²) in [4.78, 5) is 42.0. The number of benzene rings is 2. The zero-order valence-electron chi connectivity index (χ0n) is 15.2. The number of hydrogen-bond acceptors (Lipinski definition) is 5. The summed E-state index contributed by atoms with van der Waals surface area (Å²) in [6.45, 7) is 0. The topological polar surface area (TPSA) is 76.1 Å². The van der Waals surface area contributed by atoms with E-state index in [0.717, 1.165) is 0 Å². The van der Waals surface area contributed by atoms with Gasteiger partial charge in [-0.15, -0.1) is 0 Å². The van der Waals surface area contributed by atoms with E-state index in [1.807, 2.05) is 6.07 Å². The van der Waals surface area contributed by atoms with E-state index in [4.69, 9.17) is 11.6 Å². The molecule has 0 saturated carbocycles. The highest BCUT2D eigenvalue weighted by Gasteiger charge is 2.31. The van der Waals surface area contributed by atoms with E-state index in [1.165, 1.54) is 0 Å². The number of aromatic nitrogens is 1. The van der Waals surface area contributed by atoms with E-state index in [0.29, 0.717) is 22.5 Å². The van der Waals surface area contributed by atoms with Gasteiger partial charge in [0, 0.05) is 34.3 Å². The van der Waals surface area contributed by atoms with Gasteiger partial charge in [0.05, 0.1) is 6.42 Å². The first-order chi connectivity index (χ1) is 14.0. The maximum absolute atomic E-state index is 12.8. The number of Topliss-reactive ketones (excluding diaryl/α,β-unsaturated/α-hetero) is 3. The van der Waals surface area contributed by atoms with Crippen LogP contribution < -0.4 is 5.32 Å². The average Bonchev–Trinajstić information content (AvgIpc) is 2.76. The van der Waals surface area contributed by atoms with Crippen LogP contribution in [0.15, 0.2) is 83.7 Å². The summed E-state index contributed by atoms with van der Waals surface area (Å²) in [5.74, 6) is -0.883. The number of nitrogens with zero attached hydrogens (tertiary/aromatic N) is 1. The van der Waals surface area contributed by atoms with E-state index in [-0.39, 0.29) is 34.3 Å². The number of carbonyl (C=O) groups is 3. The van der Waals surface area contributed by atoms with Crippen LogP contribution >= 0.6 is 11.6 Å². The predicted octanol–water partition coefficient (Wildman–Crippen LogP) is 4.45. The Kier molecular flexibility index (Phi) is 5.06. The van der Waals surface area contributed by atoms with Crippen LogP contribution in [0.25, 0.3) is 0 Å². The van der Waals surface area contributed by atoms with Crippen molar-refractivity contribution >= 4 is 34.6 Å². The fourth-order valence-corrected chi connectivity index (χ4v) is 3.38. The summed E-state index contributed by atoms with van der Waals surface area (Å²) in [7, 11) is 0. The van der Waals surface area contributed by atoms with E-state index >= 15 is 0 Å². The van der Waals surface area contributed by atoms with Gasteiger partial charge in [-0.25, -0.2) is 0 Å². The zero-order valence-corrected chi connectivity index (χ0v) is 15.9. The zero-order chi connectivity index (χ0) is 20.4. The minimum absolute atomic E-state index is 0.00434. The highest BCUT2D eigenvalue weighted by atomic mass is 35.5. The van der Waals surface area contributed by atoms with Gasteiger partial charge in [0.1, 0.15) is 10.7 Å². The van der Waals surface area contributed by atoms with Gasteiger partial charge < -0.3 is 5.32 Å². The van der Waals surface area contributed by atoms with Crippen LogP contribution in [-0.4, -0.2) is 22.3 Å². The van der Waals surface area contributed by atoms with Gasteiger partial charge in [0.25, 0.3) is 0 Å². The minimum atomic E-state index is -0.410. The maximum atomic E-state index is 12.8. The lowest BCUT2D eigenvalue weighted by molar-refractivity contribution is 0.0982. The molecule has 1 heterocycles. The largest absolute Gasteiger partial charge is 0.351 e. The summed E-state index contributed by atoms with van der Waals surface area (Å²) in [5.41, 5.74) is 2.22. The van der Waals surface area contributed by atoms with Crippen molar-refractivity contribution in [2.75, 3.05) is 5.32 Å². The van der Waals surface area contributed by atoms with E-state index in [9.17, 15) is 14.4 Å². The maximum Gasteiger partial charge on any atom is 0.211 e. The van der Waals surface area contributed by atoms with Crippen LogP contribution in [0.3, 0.4) is 0 Å². The fourth-order valence-electron chi connectivity index (χ4n) is 3.14. The van der Waals surface area contributed by atoms with Crippen LogP contribution in [0, 0.1) is 0 Å². The Bertz CT molecular complexity index is 1170. The van der Waals surface area contributed by atoms with Gasteiger partial charge in [-0.2, -0.15) is 0 Å². The number of allylic oxidation sites excluding steroid dienone is 2. The Morgan fingerprint density at radius 1 is 0.897 bits per heavy atom. The summed E-state index contributed by atoms with van der Waals surface area (Å²) < 4.78 is 0. The van der Waals surface area contributed by atoms with Gasteiger partial charge in [0.15, 0.2) is 5.78 Å². The molecule has 2 aromatic carbocycles. The third-order valence-corrected chi connectivity index (χ3v) is 4.94. The lowest BCUT2D eigenvalue weighted by Crippen LogP contribution is -2.24. The first kappa shape index (κ1) is 18.8. The van der Waals surface area contributed by atoms with E-state index < -0.39 is 5.78 Å². The number of halogens is 1. The van der Waals surface area contributed by atoms with Crippen LogP contribution in [-0.2, 0) is 6.42 Å². The summed E-state index contributed by atoms with van der Waals surface area (Å²) >= 11 is 6.19. The monoisotopic (exact) mass is 402 g/mol. The van der Waals surface area contributed by atoms with Crippen molar-refractivity contribution in [1.82, 2.24) is 4.98 Å². The van der Waals surface area contributed by atoms with Gasteiger partial charge in [-0.3, -0.25) is 19.4 Å². The average molecular weight is 403 g/mol. The fraction of sp³-hybridized carbons (Fsp3) is 0.0435. The molecular formula is C23H15ClN2O3. The van der Waals surface area contributed by atoms with Crippen molar-refractivity contribution in [2.45, 2.75) is 6.42 Å². The second kappa shape index (κ2) is 7.81. The number of anilines is 1. The molecule has 1 N–H and O–H groups in total. The molecule has 0 spiro atoms. The van der Waals surface area contributed by atoms with Crippen molar-refractivity contribution in [2.24, 2.45) is 0 Å². The van der Waals surface area contributed by atoms with Crippen LogP contribution in [0.5, 0.6) is 0 Å². The Hall–Kier alpha value is -3.57. The lowest BCUT2D eigenvalue weighted by atomic mass is 9.92. The quantitative estimate of drug-likeness (QED) is 0.638. The highest BCUT2D eigenvalue weighted by molar-refractivity contribution is 6.50. The summed E-state index contributed by atoms with van der Waals surface area (Å²) in [6.07, 6.45) is 1.80. The Morgan fingerprint density at radius 3 is 2.34 bits per heavy atom. The minimum Gasteiger partial charge on any atom is -0.351 e. The molecule has 4 rings (SSSR count). The number of rotatable bonds is 5. The molecule has 0 unspecified atom stereocenters. The normalized spacial score (nSPS) is 13.3. The van der Waals surface area contributed by atoms with Crippen LogP contribution in [0.2, 0.25) is 0 Å². The van der Waals surface area contributed by atoms with E-state index in [1.54, 1.807) is 66.9 Å². The molecule has 0 bridgehead atoms. The van der Waals surface area contributed by atoms with E-state index in [2.05, 4.69) is 10.3 Å². The molecular weight excluding hydrogens is 388 g/mol. The number of carbonyl (C=O) groups excluding carboxylic acids is 3. The van der Waals surface area contributed by atoms with Crippen molar-refractivity contribution < 1.29 is 14.4 Å². The van der Waals surface area contributed by atoms with Gasteiger partial charge in [-0.1, -0.05) is 54.1 Å². The standard InChI is InChI=1S/C23H15ClN2O3/c24-20-21(23(29)18-10-2-1-9-17(18)22(20)28)26-16-8-5-6-14(12-16)19(27)13-15-7-3-4-11-25-15/h1-12,26H,13H2. The molecule has 0 aliphatic heterocycles. The predicted molar refractivity (Wildman–Crippen MR) is 110 cm³/mol. The second-order valence-electron chi connectivity index (χ2n) is 6.52. The van der Waals surface area contributed by atoms with Gasteiger partial charge in [0.2, 0.25) is 11.6 Å². The van der Waals surface area contributed by atoms with Crippen LogP contribution in [0.4, 0.5) is 5.69 Å². The molecule has 1 aliphatic rings. The summed E-state index contributed by atoms with van der Waals surface area (Å²) in [6, 6.07) is 18.7. The third-order valence-electron chi connectivity index (χ3n) is 4.58. The molecule has 3 aromatic rings. The van der Waals surface area contributed by atoms with Crippen molar-refractivity contribution in [3.63, 3.8) is 0 Å². The van der Waals surface area contributed by atoms with Gasteiger partial charge >= 0.3 is 0 Å². The highest BCUT2D eigenvalue weighted by Crippen LogP contribution is 2.29. The van der Waals surface area contributed by atoms with Crippen LogP contribution in [0.1, 0.15) is 36.8 Å². The SMILES string of the molecule is O=C(Cc1ccccn1)c1cccc(NC2=C(Cl)C(=O)c3ccccc3C2=O)c1. The number of nitrogens with one attached hydrogen (secondary N) is 1. The van der Waals surface area contributed by atoms with Crippen molar-refractivity contribution in [3.8, 4) is 0 Å². The molecule has 5 nitrogen and oxygen atoms in total. The number of hydrogen-bond donors (Lipinski definition) is 1. The lowest BCUT2D eigenvalue weighted by Gasteiger charge is -2.19. The molecule has 142 valence electrons. The number of ketones is 3. The number of pyridine rings is 1. The molecule has 1 aromatic heterocycles. The third kappa shape index (κ3) is 3.73.